The normalized spacial score (nSPS) is 20.2. The highest BCUT2D eigenvalue weighted by Gasteiger charge is 2.42. The number of hydrogen-bond donors (Lipinski definition) is 1. The number of methoxy groups -OCH3 is 1. The highest BCUT2D eigenvalue weighted by molar-refractivity contribution is 7.13. The van der Waals surface area contributed by atoms with Crippen LogP contribution < -0.4 is 10.1 Å². The summed E-state index contributed by atoms with van der Waals surface area (Å²) < 4.78 is 5.12. The molecule has 7 nitrogen and oxygen atoms in total. The zero-order valence-corrected chi connectivity index (χ0v) is 12.9. The van der Waals surface area contributed by atoms with Gasteiger partial charge in [0.1, 0.15) is 11.3 Å². The van der Waals surface area contributed by atoms with Gasteiger partial charge >= 0.3 is 0 Å². The number of carbonyl (C=O) groups excluding carboxylic acids is 1. The molecule has 1 aliphatic rings. The number of amides is 1. The van der Waals surface area contributed by atoms with E-state index in [1.807, 2.05) is 24.3 Å². The van der Waals surface area contributed by atoms with E-state index in [2.05, 4.69) is 20.7 Å². The zero-order valence-electron chi connectivity index (χ0n) is 12.1. The predicted octanol–water partition coefficient (Wildman–Crippen LogP) is 2.07. The number of nitrogens with one attached hydrogen (secondary N) is 1. The molecule has 1 N–H and O–H groups in total. The highest BCUT2D eigenvalue weighted by atomic mass is 32.1. The number of oxime groups is 1. The molecule has 0 saturated heterocycles. The Morgan fingerprint density at radius 1 is 1.41 bits per heavy atom. The molecule has 1 aromatic carbocycles. The van der Waals surface area contributed by atoms with Gasteiger partial charge in [-0.15, -0.1) is 10.2 Å². The maximum Gasteiger partial charge on any atom is 0.273 e. The molecule has 3 rings (SSSR count). The van der Waals surface area contributed by atoms with E-state index in [1.54, 1.807) is 19.5 Å². The number of benzene rings is 1. The van der Waals surface area contributed by atoms with Crippen molar-refractivity contribution in [3.05, 3.63) is 35.3 Å². The summed E-state index contributed by atoms with van der Waals surface area (Å²) in [5.41, 5.74) is 2.11. The van der Waals surface area contributed by atoms with Crippen molar-refractivity contribution >= 4 is 28.1 Å². The van der Waals surface area contributed by atoms with Gasteiger partial charge in [-0.25, -0.2) is 0 Å². The van der Waals surface area contributed by atoms with E-state index in [4.69, 9.17) is 9.57 Å². The summed E-state index contributed by atoms with van der Waals surface area (Å²) in [6.07, 6.45) is 0.379. The van der Waals surface area contributed by atoms with Crippen LogP contribution in [0, 0.1) is 0 Å². The molecule has 22 heavy (non-hydrogen) atoms. The first-order valence-corrected chi connectivity index (χ1v) is 7.46. The number of nitrogens with zero attached hydrogens (tertiary/aromatic N) is 3. The van der Waals surface area contributed by atoms with E-state index >= 15 is 0 Å². The SMILES string of the molecule is COc1ccc(C2=NO[C@@](C)(C(=O)Nc3nncs3)C2)cc1. The van der Waals surface area contributed by atoms with Gasteiger partial charge in [-0.1, -0.05) is 16.5 Å². The Morgan fingerprint density at radius 3 is 2.82 bits per heavy atom. The molecule has 8 heteroatoms. The van der Waals surface area contributed by atoms with Crippen LogP contribution in [0.4, 0.5) is 5.13 Å². The van der Waals surface area contributed by atoms with Gasteiger partial charge in [0.2, 0.25) is 10.7 Å². The molecule has 0 aliphatic carbocycles. The van der Waals surface area contributed by atoms with Crippen LogP contribution in [0.15, 0.2) is 34.9 Å². The third kappa shape index (κ3) is 2.77. The minimum absolute atomic E-state index is 0.295. The number of ether oxygens (including phenoxy) is 1. The summed E-state index contributed by atoms with van der Waals surface area (Å²) in [5.74, 6) is 0.469. The second kappa shape index (κ2) is 5.72. The lowest BCUT2D eigenvalue weighted by Crippen LogP contribution is -2.40. The third-order valence-corrected chi connectivity index (χ3v) is 3.95. The largest absolute Gasteiger partial charge is 0.497 e. The lowest BCUT2D eigenvalue weighted by atomic mass is 9.95. The molecule has 1 amide bonds. The Labute approximate surface area is 131 Å². The van der Waals surface area contributed by atoms with Crippen LogP contribution in [0.5, 0.6) is 5.75 Å². The Hall–Kier alpha value is -2.48. The average molecular weight is 318 g/mol. The van der Waals surface area contributed by atoms with Gasteiger partial charge in [0, 0.05) is 6.42 Å². The van der Waals surface area contributed by atoms with Crippen LogP contribution in [-0.4, -0.2) is 34.5 Å². The van der Waals surface area contributed by atoms with Gasteiger partial charge in [0.15, 0.2) is 0 Å². The van der Waals surface area contributed by atoms with Crippen molar-refractivity contribution in [2.45, 2.75) is 18.9 Å². The monoisotopic (exact) mass is 318 g/mol. The molecule has 0 bridgehead atoms. The summed E-state index contributed by atoms with van der Waals surface area (Å²) in [6.45, 7) is 1.70. The summed E-state index contributed by atoms with van der Waals surface area (Å²) in [5, 5.41) is 14.6. The van der Waals surface area contributed by atoms with Crippen LogP contribution in [0.2, 0.25) is 0 Å². The van der Waals surface area contributed by atoms with Gasteiger partial charge in [-0.05, 0) is 36.8 Å². The molecule has 1 aliphatic heterocycles. The van der Waals surface area contributed by atoms with Crippen molar-refractivity contribution < 1.29 is 14.4 Å². The Kier molecular flexibility index (Phi) is 3.76. The van der Waals surface area contributed by atoms with Crippen LogP contribution in [-0.2, 0) is 9.63 Å². The first-order chi connectivity index (χ1) is 10.6. The third-order valence-electron chi connectivity index (χ3n) is 3.35. The fourth-order valence-corrected chi connectivity index (χ4v) is 2.50. The minimum Gasteiger partial charge on any atom is -0.497 e. The van der Waals surface area contributed by atoms with Crippen LogP contribution >= 0.6 is 11.3 Å². The van der Waals surface area contributed by atoms with Crippen LogP contribution in [0.25, 0.3) is 0 Å². The van der Waals surface area contributed by atoms with Gasteiger partial charge in [0.25, 0.3) is 5.91 Å². The number of anilines is 1. The molecule has 0 fully saturated rings. The van der Waals surface area contributed by atoms with Crippen molar-refractivity contribution in [3.8, 4) is 5.75 Å². The van der Waals surface area contributed by atoms with E-state index in [0.29, 0.717) is 11.6 Å². The lowest BCUT2D eigenvalue weighted by Gasteiger charge is -2.19. The van der Waals surface area contributed by atoms with Gasteiger partial charge < -0.3 is 9.57 Å². The van der Waals surface area contributed by atoms with Crippen molar-refractivity contribution in [1.29, 1.82) is 0 Å². The molecule has 1 atom stereocenters. The summed E-state index contributed by atoms with van der Waals surface area (Å²) in [4.78, 5) is 17.7. The van der Waals surface area contributed by atoms with E-state index in [9.17, 15) is 4.79 Å². The summed E-state index contributed by atoms with van der Waals surface area (Å²) >= 11 is 1.25. The van der Waals surface area contributed by atoms with Crippen molar-refractivity contribution in [3.63, 3.8) is 0 Å². The maximum absolute atomic E-state index is 12.3. The standard InChI is InChI=1S/C14H14N4O3S/c1-14(12(19)16-13-17-15-8-22-13)7-11(18-21-14)9-3-5-10(20-2)6-4-9/h3-6,8H,7H2,1-2H3,(H,16,17,19)/t14-/m1/s1. The van der Waals surface area contributed by atoms with Gasteiger partial charge in [-0.3, -0.25) is 10.1 Å². The molecule has 0 spiro atoms. The molecular weight excluding hydrogens is 304 g/mol. The number of rotatable bonds is 4. The molecule has 1 aromatic heterocycles. The summed E-state index contributed by atoms with van der Waals surface area (Å²) in [6, 6.07) is 7.45. The lowest BCUT2D eigenvalue weighted by molar-refractivity contribution is -0.135. The Bertz CT molecular complexity index is 699. The van der Waals surface area contributed by atoms with Crippen molar-refractivity contribution in [1.82, 2.24) is 10.2 Å². The number of aromatic nitrogens is 2. The molecular formula is C14H14N4O3S. The zero-order chi connectivity index (χ0) is 15.6. The van der Waals surface area contributed by atoms with E-state index < -0.39 is 5.60 Å². The van der Waals surface area contributed by atoms with Crippen molar-refractivity contribution in [2.24, 2.45) is 5.16 Å². The second-order valence-corrected chi connectivity index (χ2v) is 5.80. The molecule has 0 saturated carbocycles. The fourth-order valence-electron chi connectivity index (χ4n) is 2.06. The Morgan fingerprint density at radius 2 is 2.18 bits per heavy atom. The topological polar surface area (TPSA) is 85.7 Å². The molecule has 2 aromatic rings. The molecule has 114 valence electrons. The molecule has 0 unspecified atom stereocenters. The smallest absolute Gasteiger partial charge is 0.273 e. The first-order valence-electron chi connectivity index (χ1n) is 6.58. The summed E-state index contributed by atoms with van der Waals surface area (Å²) in [7, 11) is 1.61. The first kappa shape index (κ1) is 14.5. The number of hydrogen-bond acceptors (Lipinski definition) is 7. The molecule has 2 heterocycles. The van der Waals surface area contributed by atoms with E-state index in [0.717, 1.165) is 17.0 Å². The Balaban J connectivity index is 1.70. The van der Waals surface area contributed by atoms with E-state index in [1.165, 1.54) is 11.3 Å². The average Bonchev–Trinajstić information content (AvgIpc) is 3.18. The van der Waals surface area contributed by atoms with Crippen LogP contribution in [0.3, 0.4) is 0 Å². The van der Waals surface area contributed by atoms with E-state index in [-0.39, 0.29) is 5.91 Å². The van der Waals surface area contributed by atoms with Crippen LogP contribution in [0.1, 0.15) is 18.9 Å². The van der Waals surface area contributed by atoms with Gasteiger partial charge in [-0.2, -0.15) is 0 Å². The quantitative estimate of drug-likeness (QED) is 0.932. The number of carbonyl (C=O) groups is 1. The minimum atomic E-state index is -1.05. The highest BCUT2D eigenvalue weighted by Crippen LogP contribution is 2.28. The second-order valence-electron chi connectivity index (χ2n) is 4.96. The predicted molar refractivity (Wildman–Crippen MR) is 82.2 cm³/mol. The maximum atomic E-state index is 12.3. The molecule has 0 radical (unpaired) electrons. The fraction of sp³-hybridized carbons (Fsp3) is 0.286. The van der Waals surface area contributed by atoms with Crippen molar-refractivity contribution in [2.75, 3.05) is 12.4 Å². The van der Waals surface area contributed by atoms with Gasteiger partial charge in [0.05, 0.1) is 12.8 Å².